The number of anilines is 1. The summed E-state index contributed by atoms with van der Waals surface area (Å²) in [5, 5.41) is 2.19. The van der Waals surface area contributed by atoms with Crippen LogP contribution in [-0.4, -0.2) is 13.1 Å². The van der Waals surface area contributed by atoms with E-state index in [0.717, 1.165) is 13.1 Å². The SMILES string of the molecule is Cl.c1ccc(N2CCCN2)cc1. The number of nitrogens with one attached hydrogen (secondary N) is 1. The summed E-state index contributed by atoms with van der Waals surface area (Å²) < 4.78 is 0. The number of hydrazine groups is 1. The Kier molecular flexibility index (Phi) is 3.38. The molecule has 12 heavy (non-hydrogen) atoms. The maximum absolute atomic E-state index is 3.31. The number of rotatable bonds is 1. The van der Waals surface area contributed by atoms with Gasteiger partial charge in [0.1, 0.15) is 0 Å². The summed E-state index contributed by atoms with van der Waals surface area (Å²) in [4.78, 5) is 0. The third-order valence-corrected chi connectivity index (χ3v) is 1.93. The number of nitrogens with zero attached hydrogens (tertiary/aromatic N) is 1. The van der Waals surface area contributed by atoms with E-state index in [1.807, 2.05) is 6.07 Å². The molecule has 0 aromatic heterocycles. The zero-order chi connectivity index (χ0) is 7.52. The normalized spacial score (nSPS) is 15.8. The van der Waals surface area contributed by atoms with E-state index in [0.29, 0.717) is 0 Å². The van der Waals surface area contributed by atoms with Crippen LogP contribution in [0, 0.1) is 0 Å². The molecule has 0 amide bonds. The lowest BCUT2D eigenvalue weighted by atomic mass is 10.3. The summed E-state index contributed by atoms with van der Waals surface area (Å²) in [5.74, 6) is 0. The molecule has 2 rings (SSSR count). The van der Waals surface area contributed by atoms with Crippen LogP contribution in [0.5, 0.6) is 0 Å². The van der Waals surface area contributed by atoms with Gasteiger partial charge in [-0.25, -0.2) is 5.43 Å². The Morgan fingerprint density at radius 2 is 1.92 bits per heavy atom. The smallest absolute Gasteiger partial charge is 0.0519 e. The topological polar surface area (TPSA) is 15.3 Å². The molecule has 1 fully saturated rings. The van der Waals surface area contributed by atoms with E-state index in [2.05, 4.69) is 34.7 Å². The molecule has 0 spiro atoms. The lowest BCUT2D eigenvalue weighted by Crippen LogP contribution is -2.30. The van der Waals surface area contributed by atoms with E-state index >= 15 is 0 Å². The van der Waals surface area contributed by atoms with Gasteiger partial charge in [0.25, 0.3) is 0 Å². The van der Waals surface area contributed by atoms with Crippen LogP contribution in [0.4, 0.5) is 5.69 Å². The van der Waals surface area contributed by atoms with Gasteiger partial charge in [0.15, 0.2) is 0 Å². The Hall–Kier alpha value is -0.730. The third kappa shape index (κ3) is 1.90. The molecule has 0 saturated carbocycles. The van der Waals surface area contributed by atoms with Gasteiger partial charge >= 0.3 is 0 Å². The van der Waals surface area contributed by atoms with Gasteiger partial charge in [0, 0.05) is 13.1 Å². The van der Waals surface area contributed by atoms with E-state index in [-0.39, 0.29) is 12.4 Å². The second-order valence-corrected chi connectivity index (χ2v) is 2.75. The van der Waals surface area contributed by atoms with Gasteiger partial charge in [-0.3, -0.25) is 0 Å². The highest BCUT2D eigenvalue weighted by atomic mass is 35.5. The molecule has 0 atom stereocenters. The monoisotopic (exact) mass is 184 g/mol. The first-order chi connectivity index (χ1) is 5.47. The number of benzene rings is 1. The molecule has 0 bridgehead atoms. The standard InChI is InChI=1S/C9H12N2.ClH/c1-2-5-9(6-3-1)11-8-4-7-10-11;/h1-3,5-6,10H,4,7-8H2;1H. The minimum absolute atomic E-state index is 0. The van der Waals surface area contributed by atoms with Crippen molar-refractivity contribution in [2.75, 3.05) is 18.1 Å². The zero-order valence-corrected chi connectivity index (χ0v) is 7.68. The van der Waals surface area contributed by atoms with E-state index in [1.165, 1.54) is 12.1 Å². The molecule has 1 N–H and O–H groups in total. The third-order valence-electron chi connectivity index (χ3n) is 1.93. The minimum Gasteiger partial charge on any atom is -0.308 e. The summed E-state index contributed by atoms with van der Waals surface area (Å²) in [6.07, 6.45) is 1.24. The predicted molar refractivity (Wildman–Crippen MR) is 53.7 cm³/mol. The van der Waals surface area contributed by atoms with Crippen molar-refractivity contribution in [1.82, 2.24) is 5.43 Å². The summed E-state index contributed by atoms with van der Waals surface area (Å²) >= 11 is 0. The van der Waals surface area contributed by atoms with Crippen LogP contribution in [0.3, 0.4) is 0 Å². The van der Waals surface area contributed by atoms with Crippen molar-refractivity contribution in [2.24, 2.45) is 0 Å². The van der Waals surface area contributed by atoms with Crippen LogP contribution in [0.25, 0.3) is 0 Å². The second-order valence-electron chi connectivity index (χ2n) is 2.75. The lowest BCUT2D eigenvalue weighted by Gasteiger charge is -2.16. The molecule has 66 valence electrons. The highest BCUT2D eigenvalue weighted by molar-refractivity contribution is 5.85. The fourth-order valence-electron chi connectivity index (χ4n) is 1.36. The van der Waals surface area contributed by atoms with Gasteiger partial charge in [-0.1, -0.05) is 18.2 Å². The number of hydrogen-bond acceptors (Lipinski definition) is 2. The van der Waals surface area contributed by atoms with Crippen LogP contribution >= 0.6 is 12.4 Å². The van der Waals surface area contributed by atoms with Gasteiger partial charge in [-0.05, 0) is 18.6 Å². The first-order valence-corrected chi connectivity index (χ1v) is 4.03. The molecule has 1 aromatic carbocycles. The molecule has 1 saturated heterocycles. The van der Waals surface area contributed by atoms with Gasteiger partial charge in [-0.2, -0.15) is 0 Å². The molecule has 1 aromatic rings. The van der Waals surface area contributed by atoms with Crippen molar-refractivity contribution < 1.29 is 0 Å². The average Bonchev–Trinajstić information content (AvgIpc) is 2.58. The second kappa shape index (κ2) is 4.33. The first kappa shape index (κ1) is 9.36. The lowest BCUT2D eigenvalue weighted by molar-refractivity contribution is 0.787. The summed E-state index contributed by atoms with van der Waals surface area (Å²) in [5.41, 5.74) is 4.57. The van der Waals surface area contributed by atoms with Crippen molar-refractivity contribution in [3.63, 3.8) is 0 Å². The Morgan fingerprint density at radius 1 is 1.17 bits per heavy atom. The van der Waals surface area contributed by atoms with Crippen LogP contribution in [0.2, 0.25) is 0 Å². The Bertz CT molecular complexity index is 219. The van der Waals surface area contributed by atoms with Crippen LogP contribution in [0.1, 0.15) is 6.42 Å². The molecule has 0 unspecified atom stereocenters. The van der Waals surface area contributed by atoms with E-state index in [9.17, 15) is 0 Å². The molecule has 1 heterocycles. The predicted octanol–water partition coefficient (Wildman–Crippen LogP) is 1.82. The maximum atomic E-state index is 3.31. The molecule has 0 radical (unpaired) electrons. The zero-order valence-electron chi connectivity index (χ0n) is 6.86. The van der Waals surface area contributed by atoms with Crippen LogP contribution in [0.15, 0.2) is 30.3 Å². The molecular weight excluding hydrogens is 172 g/mol. The Labute approximate surface area is 79.0 Å². The summed E-state index contributed by atoms with van der Waals surface area (Å²) in [6.45, 7) is 2.24. The molecule has 2 nitrogen and oxygen atoms in total. The summed E-state index contributed by atoms with van der Waals surface area (Å²) in [7, 11) is 0. The highest BCUT2D eigenvalue weighted by Gasteiger charge is 2.09. The van der Waals surface area contributed by atoms with E-state index < -0.39 is 0 Å². The summed E-state index contributed by atoms with van der Waals surface area (Å²) in [6, 6.07) is 10.4. The number of halogens is 1. The first-order valence-electron chi connectivity index (χ1n) is 4.03. The largest absolute Gasteiger partial charge is 0.308 e. The number of hydrogen-bond donors (Lipinski definition) is 1. The Morgan fingerprint density at radius 3 is 2.50 bits per heavy atom. The fraction of sp³-hybridized carbons (Fsp3) is 0.333. The van der Waals surface area contributed by atoms with Crippen molar-refractivity contribution >= 4 is 18.1 Å². The minimum atomic E-state index is 0. The van der Waals surface area contributed by atoms with Gasteiger partial charge < -0.3 is 5.01 Å². The molecule has 3 heteroatoms. The molecule has 1 aliphatic rings. The van der Waals surface area contributed by atoms with Crippen molar-refractivity contribution in [2.45, 2.75) is 6.42 Å². The van der Waals surface area contributed by atoms with Crippen LogP contribution in [-0.2, 0) is 0 Å². The van der Waals surface area contributed by atoms with Gasteiger partial charge in [-0.15, -0.1) is 12.4 Å². The molecular formula is C9H13ClN2. The van der Waals surface area contributed by atoms with Crippen molar-refractivity contribution in [1.29, 1.82) is 0 Å². The van der Waals surface area contributed by atoms with Gasteiger partial charge in [0.05, 0.1) is 5.69 Å². The van der Waals surface area contributed by atoms with Gasteiger partial charge in [0.2, 0.25) is 0 Å². The van der Waals surface area contributed by atoms with E-state index in [1.54, 1.807) is 0 Å². The fourth-order valence-corrected chi connectivity index (χ4v) is 1.36. The highest BCUT2D eigenvalue weighted by Crippen LogP contribution is 2.13. The molecule has 0 aliphatic carbocycles. The van der Waals surface area contributed by atoms with Crippen molar-refractivity contribution in [3.8, 4) is 0 Å². The number of para-hydroxylation sites is 1. The van der Waals surface area contributed by atoms with Crippen LogP contribution < -0.4 is 10.4 Å². The maximum Gasteiger partial charge on any atom is 0.0519 e. The van der Waals surface area contributed by atoms with E-state index in [4.69, 9.17) is 0 Å². The Balaban J connectivity index is 0.000000720. The quantitative estimate of drug-likeness (QED) is 0.717. The average molecular weight is 185 g/mol. The van der Waals surface area contributed by atoms with Crippen molar-refractivity contribution in [3.05, 3.63) is 30.3 Å². The molecule has 1 aliphatic heterocycles.